The zero-order valence-electron chi connectivity index (χ0n) is 13.1. The van der Waals surface area contributed by atoms with Crippen molar-refractivity contribution in [2.24, 2.45) is 11.7 Å². The third-order valence-corrected chi connectivity index (χ3v) is 7.24. The summed E-state index contributed by atoms with van der Waals surface area (Å²) >= 11 is 0. The number of hydrogen-bond donors (Lipinski definition) is 1. The molecule has 0 bridgehead atoms. The predicted molar refractivity (Wildman–Crippen MR) is 80.5 cm³/mol. The molecule has 0 aliphatic heterocycles. The molecule has 0 aromatic heterocycles. The first-order valence-corrected chi connectivity index (χ1v) is 8.77. The fourth-order valence-electron chi connectivity index (χ4n) is 2.95. The maximum Gasteiger partial charge on any atom is 0.219 e. The number of nitrogens with zero attached hydrogens (tertiary/aromatic N) is 1. The minimum atomic E-state index is -3.32. The molecule has 1 saturated carbocycles. The monoisotopic (exact) mass is 290 g/mol. The Morgan fingerprint density at radius 3 is 2.05 bits per heavy atom. The van der Waals surface area contributed by atoms with Crippen LogP contribution in [0.3, 0.4) is 0 Å². The maximum absolute atomic E-state index is 12.8. The second-order valence-corrected chi connectivity index (χ2v) is 9.51. The van der Waals surface area contributed by atoms with Crippen molar-refractivity contribution in [1.29, 1.82) is 0 Å². The molecule has 4 nitrogen and oxygen atoms in total. The van der Waals surface area contributed by atoms with E-state index < -0.39 is 14.8 Å². The smallest absolute Gasteiger partial charge is 0.219 e. The SMILES string of the molecule is CCN(C1(CN)CCC(C)CC1)S(=O)(=O)C(C)(C)C. The van der Waals surface area contributed by atoms with Gasteiger partial charge in [0.25, 0.3) is 0 Å². The molecule has 0 amide bonds. The van der Waals surface area contributed by atoms with Gasteiger partial charge in [-0.2, -0.15) is 4.31 Å². The van der Waals surface area contributed by atoms with Gasteiger partial charge in [0, 0.05) is 18.6 Å². The quantitative estimate of drug-likeness (QED) is 0.864. The molecule has 0 saturated heterocycles. The van der Waals surface area contributed by atoms with Crippen LogP contribution in [0.2, 0.25) is 0 Å². The Labute approximate surface area is 118 Å². The molecule has 0 unspecified atom stereocenters. The predicted octanol–water partition coefficient (Wildman–Crippen LogP) is 2.34. The Morgan fingerprint density at radius 1 is 1.26 bits per heavy atom. The molecule has 0 aromatic carbocycles. The van der Waals surface area contributed by atoms with Crippen LogP contribution in [0, 0.1) is 5.92 Å². The highest BCUT2D eigenvalue weighted by Gasteiger charge is 2.47. The molecule has 0 heterocycles. The summed E-state index contributed by atoms with van der Waals surface area (Å²) < 4.78 is 26.5. The summed E-state index contributed by atoms with van der Waals surface area (Å²) in [6, 6.07) is 0. The summed E-state index contributed by atoms with van der Waals surface area (Å²) in [7, 11) is -3.32. The van der Waals surface area contributed by atoms with Crippen LogP contribution in [0.4, 0.5) is 0 Å². The second kappa shape index (κ2) is 5.70. The van der Waals surface area contributed by atoms with E-state index in [9.17, 15) is 8.42 Å². The van der Waals surface area contributed by atoms with Gasteiger partial charge in [0.15, 0.2) is 0 Å². The van der Waals surface area contributed by atoms with Crippen molar-refractivity contribution >= 4 is 10.0 Å². The number of rotatable bonds is 4. The molecule has 0 radical (unpaired) electrons. The van der Waals surface area contributed by atoms with Crippen LogP contribution in [0.1, 0.15) is 60.3 Å². The second-order valence-electron chi connectivity index (χ2n) is 6.89. The van der Waals surface area contributed by atoms with E-state index in [1.807, 2.05) is 6.92 Å². The fraction of sp³-hybridized carbons (Fsp3) is 1.00. The zero-order chi connectivity index (χ0) is 14.9. The minimum Gasteiger partial charge on any atom is -0.329 e. The highest BCUT2D eigenvalue weighted by atomic mass is 32.2. The van der Waals surface area contributed by atoms with Gasteiger partial charge in [0.05, 0.1) is 4.75 Å². The Kier molecular flexibility index (Phi) is 5.08. The average Bonchev–Trinajstić information content (AvgIpc) is 2.31. The lowest BCUT2D eigenvalue weighted by atomic mass is 9.77. The van der Waals surface area contributed by atoms with Crippen LogP contribution in [0.15, 0.2) is 0 Å². The van der Waals surface area contributed by atoms with Crippen molar-refractivity contribution < 1.29 is 8.42 Å². The number of sulfonamides is 1. The number of nitrogens with two attached hydrogens (primary N) is 1. The minimum absolute atomic E-state index is 0.368. The molecule has 1 fully saturated rings. The molecule has 114 valence electrons. The van der Waals surface area contributed by atoms with Crippen molar-refractivity contribution in [3.63, 3.8) is 0 Å². The van der Waals surface area contributed by atoms with E-state index in [-0.39, 0.29) is 5.54 Å². The highest BCUT2D eigenvalue weighted by Crippen LogP contribution is 2.39. The van der Waals surface area contributed by atoms with Crippen molar-refractivity contribution in [2.45, 2.75) is 70.6 Å². The van der Waals surface area contributed by atoms with Gasteiger partial charge in [0.1, 0.15) is 0 Å². The Bertz CT molecular complexity index is 390. The Balaban J connectivity index is 3.14. The van der Waals surface area contributed by atoms with Crippen LogP contribution in [-0.2, 0) is 10.0 Å². The van der Waals surface area contributed by atoms with Gasteiger partial charge >= 0.3 is 0 Å². The molecular formula is C14H30N2O2S. The van der Waals surface area contributed by atoms with E-state index in [0.29, 0.717) is 19.0 Å². The van der Waals surface area contributed by atoms with Crippen LogP contribution in [-0.4, -0.2) is 36.1 Å². The van der Waals surface area contributed by atoms with E-state index in [1.54, 1.807) is 25.1 Å². The molecule has 19 heavy (non-hydrogen) atoms. The molecular weight excluding hydrogens is 260 g/mol. The lowest BCUT2D eigenvalue weighted by Gasteiger charge is -2.47. The molecule has 5 heteroatoms. The molecule has 1 aliphatic carbocycles. The first kappa shape index (κ1) is 16.9. The van der Waals surface area contributed by atoms with Gasteiger partial charge in [-0.05, 0) is 52.4 Å². The first-order valence-electron chi connectivity index (χ1n) is 7.33. The summed E-state index contributed by atoms with van der Waals surface area (Å²) in [4.78, 5) is 0. The summed E-state index contributed by atoms with van der Waals surface area (Å²) in [5, 5.41) is 0. The lowest BCUT2D eigenvalue weighted by Crippen LogP contribution is -2.60. The average molecular weight is 290 g/mol. The summed E-state index contributed by atoms with van der Waals surface area (Å²) in [5.74, 6) is 0.677. The summed E-state index contributed by atoms with van der Waals surface area (Å²) in [5.41, 5.74) is 5.63. The van der Waals surface area contributed by atoms with Crippen LogP contribution in [0.5, 0.6) is 0 Å². The van der Waals surface area contributed by atoms with Crippen molar-refractivity contribution in [1.82, 2.24) is 4.31 Å². The third-order valence-electron chi connectivity index (χ3n) is 4.47. The lowest BCUT2D eigenvalue weighted by molar-refractivity contribution is 0.117. The molecule has 0 aromatic rings. The number of hydrogen-bond acceptors (Lipinski definition) is 3. The normalized spacial score (nSPS) is 29.7. The van der Waals surface area contributed by atoms with Crippen molar-refractivity contribution in [2.75, 3.05) is 13.1 Å². The van der Waals surface area contributed by atoms with Crippen LogP contribution in [0.25, 0.3) is 0 Å². The van der Waals surface area contributed by atoms with Gasteiger partial charge in [-0.1, -0.05) is 13.8 Å². The Morgan fingerprint density at radius 2 is 1.74 bits per heavy atom. The van der Waals surface area contributed by atoms with Crippen LogP contribution < -0.4 is 5.73 Å². The standard InChI is InChI=1S/C14H30N2O2S/c1-6-16(19(17,18)13(3,4)5)14(11-15)9-7-12(2)8-10-14/h12H,6-11,15H2,1-5H3. The van der Waals surface area contributed by atoms with Crippen LogP contribution >= 0.6 is 0 Å². The van der Waals surface area contributed by atoms with Gasteiger partial charge in [0.2, 0.25) is 10.0 Å². The van der Waals surface area contributed by atoms with Crippen molar-refractivity contribution in [3.8, 4) is 0 Å². The van der Waals surface area contributed by atoms with E-state index in [1.165, 1.54) is 0 Å². The van der Waals surface area contributed by atoms with Gasteiger partial charge < -0.3 is 5.73 Å². The van der Waals surface area contributed by atoms with E-state index >= 15 is 0 Å². The number of likely N-dealkylation sites (N-methyl/N-ethyl adjacent to an activating group) is 1. The summed E-state index contributed by atoms with van der Waals surface area (Å²) in [6.07, 6.45) is 3.89. The van der Waals surface area contributed by atoms with Gasteiger partial charge in [-0.25, -0.2) is 8.42 Å². The molecule has 1 aliphatic rings. The van der Waals surface area contributed by atoms with E-state index in [0.717, 1.165) is 25.7 Å². The van der Waals surface area contributed by atoms with E-state index in [2.05, 4.69) is 6.92 Å². The maximum atomic E-state index is 12.8. The molecule has 2 N–H and O–H groups in total. The highest BCUT2D eigenvalue weighted by molar-refractivity contribution is 7.90. The largest absolute Gasteiger partial charge is 0.329 e. The summed E-state index contributed by atoms with van der Waals surface area (Å²) in [6.45, 7) is 10.4. The van der Waals surface area contributed by atoms with Gasteiger partial charge in [-0.3, -0.25) is 0 Å². The van der Waals surface area contributed by atoms with Gasteiger partial charge in [-0.15, -0.1) is 0 Å². The molecule has 1 rings (SSSR count). The van der Waals surface area contributed by atoms with Crippen molar-refractivity contribution in [3.05, 3.63) is 0 Å². The third kappa shape index (κ3) is 3.14. The molecule has 0 atom stereocenters. The molecule has 0 spiro atoms. The first-order chi connectivity index (χ1) is 8.60. The fourth-order valence-corrected chi connectivity index (χ4v) is 4.71. The topological polar surface area (TPSA) is 63.4 Å². The Hall–Kier alpha value is -0.130. The van der Waals surface area contributed by atoms with E-state index in [4.69, 9.17) is 5.73 Å². The zero-order valence-corrected chi connectivity index (χ0v) is 13.9.